The molecule has 0 spiro atoms. The number of aromatic nitrogens is 2. The molecule has 1 aromatic heterocycles. The molecular formula is C22H20BrN3O4. The number of hydrogen-bond donors (Lipinski definition) is 1. The summed E-state index contributed by atoms with van der Waals surface area (Å²) in [5.74, 6) is -1.10. The highest BCUT2D eigenvalue weighted by Gasteiger charge is 2.20. The lowest BCUT2D eigenvalue weighted by Gasteiger charge is -2.12. The monoisotopic (exact) mass is 469 g/mol. The van der Waals surface area contributed by atoms with Crippen LogP contribution in [0.5, 0.6) is 0 Å². The Bertz CT molecular complexity index is 1120. The first-order valence-corrected chi connectivity index (χ1v) is 10.1. The Morgan fingerprint density at radius 3 is 2.40 bits per heavy atom. The number of anilines is 1. The zero-order chi connectivity index (χ0) is 21.7. The van der Waals surface area contributed by atoms with E-state index in [2.05, 4.69) is 26.3 Å². The van der Waals surface area contributed by atoms with Gasteiger partial charge in [-0.05, 0) is 43.7 Å². The Kier molecular flexibility index (Phi) is 6.79. The minimum Gasteiger partial charge on any atom is -0.461 e. The number of rotatable bonds is 6. The molecule has 30 heavy (non-hydrogen) atoms. The number of nitrogens with zero attached hydrogens (tertiary/aromatic N) is 2. The Balaban J connectivity index is 1.94. The van der Waals surface area contributed by atoms with Crippen LogP contribution < -0.4 is 10.9 Å². The van der Waals surface area contributed by atoms with Gasteiger partial charge in [-0.25, -0.2) is 4.79 Å². The maximum Gasteiger partial charge on any atom is 0.360 e. The van der Waals surface area contributed by atoms with Crippen LogP contribution in [0.3, 0.4) is 0 Å². The van der Waals surface area contributed by atoms with E-state index < -0.39 is 11.5 Å². The first-order valence-electron chi connectivity index (χ1n) is 9.30. The molecule has 2 aromatic carbocycles. The second-order valence-electron chi connectivity index (χ2n) is 6.56. The van der Waals surface area contributed by atoms with E-state index in [4.69, 9.17) is 4.74 Å². The van der Waals surface area contributed by atoms with Crippen molar-refractivity contribution in [3.63, 3.8) is 0 Å². The van der Waals surface area contributed by atoms with Gasteiger partial charge >= 0.3 is 5.97 Å². The predicted molar refractivity (Wildman–Crippen MR) is 117 cm³/mol. The molecule has 1 amide bonds. The van der Waals surface area contributed by atoms with Crippen molar-refractivity contribution >= 4 is 33.5 Å². The second-order valence-corrected chi connectivity index (χ2v) is 7.48. The van der Waals surface area contributed by atoms with Gasteiger partial charge in [0.05, 0.1) is 24.4 Å². The molecule has 0 bridgehead atoms. The molecule has 0 unspecified atom stereocenters. The number of hydrogen-bond acceptors (Lipinski definition) is 5. The smallest absolute Gasteiger partial charge is 0.360 e. The van der Waals surface area contributed by atoms with E-state index in [1.807, 2.05) is 43.3 Å². The Morgan fingerprint density at radius 1 is 1.10 bits per heavy atom. The molecule has 0 radical (unpaired) electrons. The number of benzene rings is 2. The van der Waals surface area contributed by atoms with E-state index in [0.717, 1.165) is 20.3 Å². The number of nitrogens with one attached hydrogen (secondary N) is 1. The molecule has 3 rings (SSSR count). The highest BCUT2D eigenvalue weighted by molar-refractivity contribution is 9.10. The summed E-state index contributed by atoms with van der Waals surface area (Å²) in [6, 6.07) is 15.6. The number of carbonyl (C=O) groups is 2. The van der Waals surface area contributed by atoms with E-state index in [1.165, 1.54) is 6.07 Å². The molecule has 0 aliphatic heterocycles. The van der Waals surface area contributed by atoms with E-state index in [1.54, 1.807) is 19.1 Å². The van der Waals surface area contributed by atoms with Crippen LogP contribution in [-0.2, 0) is 16.0 Å². The van der Waals surface area contributed by atoms with Gasteiger partial charge in [0.2, 0.25) is 5.91 Å². The van der Waals surface area contributed by atoms with Gasteiger partial charge in [0, 0.05) is 10.5 Å². The molecule has 1 N–H and O–H groups in total. The normalized spacial score (nSPS) is 10.5. The van der Waals surface area contributed by atoms with Gasteiger partial charge in [-0.15, -0.1) is 0 Å². The third kappa shape index (κ3) is 5.21. The molecule has 0 saturated carbocycles. The standard InChI is InChI=1S/C22H20BrN3O4/c1-3-30-22(29)21-18(24-19(27)12-15-6-8-16(23)9-7-15)13-20(28)26(25-21)17-10-4-14(2)5-11-17/h4-11,13H,3,12H2,1-2H3,(H,24,27). The molecule has 8 heteroatoms. The maximum absolute atomic E-state index is 12.6. The lowest BCUT2D eigenvalue weighted by molar-refractivity contribution is -0.115. The average molecular weight is 470 g/mol. The summed E-state index contributed by atoms with van der Waals surface area (Å²) >= 11 is 3.35. The number of ether oxygens (including phenoxy) is 1. The van der Waals surface area contributed by atoms with Crippen molar-refractivity contribution in [1.82, 2.24) is 9.78 Å². The summed E-state index contributed by atoms with van der Waals surface area (Å²) < 4.78 is 7.07. The van der Waals surface area contributed by atoms with Crippen molar-refractivity contribution in [3.05, 3.63) is 86.2 Å². The largest absolute Gasteiger partial charge is 0.461 e. The molecule has 154 valence electrons. The number of carbonyl (C=O) groups excluding carboxylic acids is 2. The molecule has 0 atom stereocenters. The van der Waals surface area contributed by atoms with Crippen molar-refractivity contribution in [2.45, 2.75) is 20.3 Å². The lowest BCUT2D eigenvalue weighted by Crippen LogP contribution is -2.27. The molecular weight excluding hydrogens is 450 g/mol. The molecule has 0 saturated heterocycles. The Morgan fingerprint density at radius 2 is 1.77 bits per heavy atom. The van der Waals surface area contributed by atoms with Gasteiger partial charge in [0.1, 0.15) is 0 Å². The predicted octanol–water partition coefficient (Wildman–Crippen LogP) is 3.66. The van der Waals surface area contributed by atoms with Crippen molar-refractivity contribution < 1.29 is 14.3 Å². The minimum absolute atomic E-state index is 0.0175. The van der Waals surface area contributed by atoms with Gasteiger partial charge in [0.25, 0.3) is 5.56 Å². The number of esters is 1. The van der Waals surface area contributed by atoms with Crippen molar-refractivity contribution in [2.24, 2.45) is 0 Å². The van der Waals surface area contributed by atoms with E-state index in [0.29, 0.717) is 5.69 Å². The Hall–Kier alpha value is -3.26. The highest BCUT2D eigenvalue weighted by Crippen LogP contribution is 2.16. The molecule has 7 nitrogen and oxygen atoms in total. The molecule has 3 aromatic rings. The van der Waals surface area contributed by atoms with Crippen molar-refractivity contribution in [2.75, 3.05) is 11.9 Å². The van der Waals surface area contributed by atoms with Gasteiger partial charge in [-0.2, -0.15) is 9.78 Å². The van der Waals surface area contributed by atoms with Gasteiger partial charge < -0.3 is 10.1 Å². The van der Waals surface area contributed by atoms with Gasteiger partial charge in [0.15, 0.2) is 5.69 Å². The summed E-state index contributed by atoms with van der Waals surface area (Å²) in [6.45, 7) is 3.73. The summed E-state index contributed by atoms with van der Waals surface area (Å²) in [4.78, 5) is 37.6. The third-order valence-electron chi connectivity index (χ3n) is 4.23. The van der Waals surface area contributed by atoms with Crippen LogP contribution in [0.25, 0.3) is 5.69 Å². The lowest BCUT2D eigenvalue weighted by atomic mass is 10.1. The third-order valence-corrected chi connectivity index (χ3v) is 4.76. The van der Waals surface area contributed by atoms with Crippen LogP contribution in [-0.4, -0.2) is 28.3 Å². The summed E-state index contributed by atoms with van der Waals surface area (Å²) in [7, 11) is 0. The fraction of sp³-hybridized carbons (Fsp3) is 0.182. The van der Waals surface area contributed by atoms with Crippen LogP contribution >= 0.6 is 15.9 Å². The maximum atomic E-state index is 12.6. The zero-order valence-corrected chi connectivity index (χ0v) is 18.1. The van der Waals surface area contributed by atoms with Crippen LogP contribution in [0.4, 0.5) is 5.69 Å². The van der Waals surface area contributed by atoms with Gasteiger partial charge in [-0.1, -0.05) is 45.8 Å². The number of amides is 1. The van der Waals surface area contributed by atoms with Crippen LogP contribution in [0, 0.1) is 6.92 Å². The summed E-state index contributed by atoms with van der Waals surface area (Å²) in [6.07, 6.45) is 0.0800. The number of aryl methyl sites for hydroxylation is 1. The van der Waals surface area contributed by atoms with Crippen molar-refractivity contribution in [1.29, 1.82) is 0 Å². The van der Waals surface area contributed by atoms with Crippen molar-refractivity contribution in [3.8, 4) is 5.69 Å². The molecule has 0 aliphatic carbocycles. The highest BCUT2D eigenvalue weighted by atomic mass is 79.9. The SMILES string of the molecule is CCOC(=O)c1nn(-c2ccc(C)cc2)c(=O)cc1NC(=O)Cc1ccc(Br)cc1. The van der Waals surface area contributed by atoms with E-state index in [-0.39, 0.29) is 30.3 Å². The topological polar surface area (TPSA) is 90.3 Å². The van der Waals surface area contributed by atoms with Crippen LogP contribution in [0.15, 0.2) is 63.9 Å². The first kappa shape index (κ1) is 21.4. The second kappa shape index (κ2) is 9.49. The fourth-order valence-corrected chi connectivity index (χ4v) is 3.02. The minimum atomic E-state index is -0.725. The zero-order valence-electron chi connectivity index (χ0n) is 16.5. The van der Waals surface area contributed by atoms with Crippen LogP contribution in [0.1, 0.15) is 28.5 Å². The number of halogens is 1. The first-order chi connectivity index (χ1) is 14.4. The quantitative estimate of drug-likeness (QED) is 0.556. The van der Waals surface area contributed by atoms with E-state index >= 15 is 0 Å². The summed E-state index contributed by atoms with van der Waals surface area (Å²) in [5.41, 5.74) is 1.71. The van der Waals surface area contributed by atoms with E-state index in [9.17, 15) is 14.4 Å². The fourth-order valence-electron chi connectivity index (χ4n) is 2.75. The van der Waals surface area contributed by atoms with Crippen LogP contribution in [0.2, 0.25) is 0 Å². The summed E-state index contributed by atoms with van der Waals surface area (Å²) in [5, 5.41) is 6.79. The van der Waals surface area contributed by atoms with Gasteiger partial charge in [-0.3, -0.25) is 9.59 Å². The molecule has 0 aliphatic rings. The Labute approximate surface area is 181 Å². The average Bonchev–Trinajstić information content (AvgIpc) is 2.71. The molecule has 1 heterocycles. The molecule has 0 fully saturated rings.